The summed E-state index contributed by atoms with van der Waals surface area (Å²) in [5.41, 5.74) is 1.76. The van der Waals surface area contributed by atoms with Gasteiger partial charge >= 0.3 is 11.8 Å². The molecule has 37 heavy (non-hydrogen) atoms. The molecule has 1 aromatic carbocycles. The summed E-state index contributed by atoms with van der Waals surface area (Å²) < 4.78 is 15.0. The number of nitrogens with one attached hydrogen (secondary N) is 1. The summed E-state index contributed by atoms with van der Waals surface area (Å²) in [6, 6.07) is 5.24. The summed E-state index contributed by atoms with van der Waals surface area (Å²) >= 11 is 0. The van der Waals surface area contributed by atoms with Gasteiger partial charge in [0.25, 0.3) is 0 Å². The molecular formula is C27H36N4O6. The molecule has 2 aromatic rings. The minimum Gasteiger partial charge on any atom is -0.444 e. The largest absolute Gasteiger partial charge is 0.444 e. The summed E-state index contributed by atoms with van der Waals surface area (Å²) in [5.74, 6) is -0.444. The van der Waals surface area contributed by atoms with Crippen LogP contribution in [-0.4, -0.2) is 56.4 Å². The minimum atomic E-state index is -0.690. The molecule has 2 saturated heterocycles. The van der Waals surface area contributed by atoms with Crippen molar-refractivity contribution >= 4 is 28.9 Å². The number of hydrogen-bond donors (Lipinski definition) is 1. The second-order valence-electron chi connectivity index (χ2n) is 11.5. The van der Waals surface area contributed by atoms with Gasteiger partial charge in [0.05, 0.1) is 17.1 Å². The Morgan fingerprint density at radius 2 is 1.81 bits per heavy atom. The fraction of sp³-hybridized carbons (Fsp3) is 0.630. The van der Waals surface area contributed by atoms with Crippen LogP contribution in [-0.2, 0) is 26.1 Å². The summed E-state index contributed by atoms with van der Waals surface area (Å²) in [6.07, 6.45) is 4.46. The van der Waals surface area contributed by atoms with Crippen LogP contribution in [0.1, 0.15) is 83.2 Å². The van der Waals surface area contributed by atoms with E-state index in [1.54, 1.807) is 16.5 Å². The Balaban J connectivity index is 1.27. The van der Waals surface area contributed by atoms with E-state index < -0.39 is 17.6 Å². The zero-order chi connectivity index (χ0) is 26.5. The van der Waals surface area contributed by atoms with Crippen molar-refractivity contribution in [3.8, 4) is 0 Å². The van der Waals surface area contributed by atoms with Gasteiger partial charge in [-0.1, -0.05) is 6.07 Å². The van der Waals surface area contributed by atoms with Gasteiger partial charge < -0.3 is 9.47 Å². The van der Waals surface area contributed by atoms with Crippen LogP contribution in [0.3, 0.4) is 0 Å². The van der Waals surface area contributed by atoms with Crippen molar-refractivity contribution in [2.75, 3.05) is 6.54 Å². The maximum atomic E-state index is 13.0. The fourth-order valence-corrected chi connectivity index (χ4v) is 5.61. The lowest BCUT2D eigenvalue weighted by molar-refractivity contribution is -0.138. The molecule has 1 N–H and O–H groups in total. The van der Waals surface area contributed by atoms with Gasteiger partial charge in [0.1, 0.15) is 17.9 Å². The van der Waals surface area contributed by atoms with Gasteiger partial charge in [-0.25, -0.2) is 9.59 Å². The number of imide groups is 1. The smallest absolute Gasteiger partial charge is 0.412 e. The summed E-state index contributed by atoms with van der Waals surface area (Å²) in [4.78, 5) is 51.4. The van der Waals surface area contributed by atoms with E-state index in [0.29, 0.717) is 24.4 Å². The highest BCUT2D eigenvalue weighted by atomic mass is 16.6. The van der Waals surface area contributed by atoms with E-state index in [0.717, 1.165) is 43.2 Å². The number of hydrogen-bond acceptors (Lipinski definition) is 6. The molecular weight excluding hydrogens is 476 g/mol. The van der Waals surface area contributed by atoms with Crippen molar-refractivity contribution in [3.05, 3.63) is 34.2 Å². The summed E-state index contributed by atoms with van der Waals surface area (Å²) in [7, 11) is 1.71. The van der Waals surface area contributed by atoms with E-state index in [1.807, 2.05) is 39.0 Å². The molecule has 0 spiro atoms. The molecule has 3 heterocycles. The Kier molecular flexibility index (Phi) is 6.64. The Labute approximate surface area is 215 Å². The van der Waals surface area contributed by atoms with E-state index in [-0.39, 0.29) is 36.4 Å². The van der Waals surface area contributed by atoms with Crippen LogP contribution in [0, 0.1) is 0 Å². The second kappa shape index (κ2) is 9.63. The summed E-state index contributed by atoms with van der Waals surface area (Å²) in [5, 5.41) is 2.34. The van der Waals surface area contributed by atoms with Crippen LogP contribution < -0.4 is 11.0 Å². The van der Waals surface area contributed by atoms with Crippen LogP contribution in [0.2, 0.25) is 0 Å². The van der Waals surface area contributed by atoms with E-state index in [2.05, 4.69) is 5.32 Å². The number of amides is 3. The Morgan fingerprint density at radius 3 is 2.51 bits per heavy atom. The van der Waals surface area contributed by atoms with Gasteiger partial charge in [-0.2, -0.15) is 0 Å². The normalized spacial score (nSPS) is 26.6. The van der Waals surface area contributed by atoms with Crippen molar-refractivity contribution in [2.24, 2.45) is 7.05 Å². The molecule has 3 amide bonds. The topological polar surface area (TPSA) is 112 Å². The van der Waals surface area contributed by atoms with E-state index in [9.17, 15) is 19.2 Å². The number of piperidine rings is 2. The fourth-order valence-electron chi connectivity index (χ4n) is 5.61. The van der Waals surface area contributed by atoms with Gasteiger partial charge in [-0.05, 0) is 82.9 Å². The van der Waals surface area contributed by atoms with Crippen LogP contribution >= 0.6 is 0 Å². The highest BCUT2D eigenvalue weighted by molar-refractivity contribution is 6.00. The monoisotopic (exact) mass is 512 g/mol. The zero-order valence-electron chi connectivity index (χ0n) is 22.0. The summed E-state index contributed by atoms with van der Waals surface area (Å²) in [6.45, 7) is 6.25. The van der Waals surface area contributed by atoms with Gasteiger partial charge in [-0.15, -0.1) is 0 Å². The van der Waals surface area contributed by atoms with Crippen molar-refractivity contribution < 1.29 is 23.9 Å². The third kappa shape index (κ3) is 5.03. The number of rotatable bonds is 4. The van der Waals surface area contributed by atoms with Gasteiger partial charge in [0.2, 0.25) is 11.8 Å². The third-order valence-electron chi connectivity index (χ3n) is 7.63. The molecule has 0 bridgehead atoms. The van der Waals surface area contributed by atoms with Gasteiger partial charge in [0, 0.05) is 20.0 Å². The van der Waals surface area contributed by atoms with E-state index in [4.69, 9.17) is 9.47 Å². The molecule has 200 valence electrons. The average molecular weight is 513 g/mol. The van der Waals surface area contributed by atoms with Crippen LogP contribution in [0.5, 0.6) is 0 Å². The maximum Gasteiger partial charge on any atom is 0.412 e. The Bertz CT molecular complexity index is 1280. The number of imidazole rings is 1. The van der Waals surface area contributed by atoms with Crippen molar-refractivity contribution in [1.29, 1.82) is 0 Å². The molecule has 3 aliphatic rings. The molecule has 5 rings (SSSR count). The minimum absolute atomic E-state index is 0.0608. The van der Waals surface area contributed by atoms with E-state index in [1.165, 1.54) is 4.57 Å². The lowest BCUT2D eigenvalue weighted by Gasteiger charge is -2.42. The number of nitrogens with zero attached hydrogens (tertiary/aromatic N) is 3. The highest BCUT2D eigenvalue weighted by Crippen LogP contribution is 2.41. The number of ether oxygens (including phenoxy) is 2. The van der Waals surface area contributed by atoms with Gasteiger partial charge in [-0.3, -0.25) is 28.9 Å². The van der Waals surface area contributed by atoms with Crippen molar-refractivity contribution in [2.45, 2.75) is 95.6 Å². The lowest BCUT2D eigenvalue weighted by atomic mass is 9.77. The number of aromatic nitrogens is 2. The number of benzene rings is 1. The SMILES string of the molecule is Cn1c(=O)n(C2CCC(=O)NC2=O)c2ccc(C3CC(OC4CCCCN4C(=O)OC(C)(C)C)C3)cc21. The third-order valence-corrected chi connectivity index (χ3v) is 7.63. The number of fused-ring (bicyclic) bond motifs is 1. The lowest BCUT2D eigenvalue weighted by Crippen LogP contribution is -2.49. The molecule has 2 aliphatic heterocycles. The maximum absolute atomic E-state index is 13.0. The molecule has 1 saturated carbocycles. The quantitative estimate of drug-likeness (QED) is 0.629. The van der Waals surface area contributed by atoms with E-state index >= 15 is 0 Å². The molecule has 0 radical (unpaired) electrons. The first-order chi connectivity index (χ1) is 17.5. The predicted octanol–water partition coefficient (Wildman–Crippen LogP) is 3.33. The number of aryl methyl sites for hydroxylation is 1. The highest BCUT2D eigenvalue weighted by Gasteiger charge is 2.38. The van der Waals surface area contributed by atoms with Crippen LogP contribution in [0.15, 0.2) is 23.0 Å². The average Bonchev–Trinajstić information content (AvgIpc) is 3.05. The molecule has 3 fully saturated rings. The first-order valence-electron chi connectivity index (χ1n) is 13.2. The standard InChI is InChI=1S/C27H36N4O6/c1-27(2,3)37-26(35)30-12-6-5-7-23(30)36-18-13-17(14-18)16-8-9-19-21(15-16)29(4)25(34)31(19)20-10-11-22(32)28-24(20)33/h8-9,15,17-18,20,23H,5-7,10-14H2,1-4H3,(H,28,32,33). The number of carbonyl (C=O) groups excluding carboxylic acids is 3. The second-order valence-corrected chi connectivity index (χ2v) is 11.5. The predicted molar refractivity (Wildman–Crippen MR) is 136 cm³/mol. The number of likely N-dealkylation sites (tertiary alicyclic amines) is 1. The van der Waals surface area contributed by atoms with Crippen molar-refractivity contribution in [3.63, 3.8) is 0 Å². The molecule has 10 heteroatoms. The molecule has 1 aromatic heterocycles. The van der Waals surface area contributed by atoms with Crippen LogP contribution in [0.25, 0.3) is 11.0 Å². The van der Waals surface area contributed by atoms with Gasteiger partial charge in [0.15, 0.2) is 0 Å². The van der Waals surface area contributed by atoms with Crippen molar-refractivity contribution in [1.82, 2.24) is 19.4 Å². The molecule has 2 atom stereocenters. The Hall–Kier alpha value is -3.14. The molecule has 1 aliphatic carbocycles. The zero-order valence-corrected chi connectivity index (χ0v) is 22.0. The van der Waals surface area contributed by atoms with Crippen LogP contribution in [0.4, 0.5) is 4.79 Å². The Morgan fingerprint density at radius 1 is 1.05 bits per heavy atom. The number of carbonyl (C=O) groups is 3. The first kappa shape index (κ1) is 25.5. The molecule has 10 nitrogen and oxygen atoms in total. The first-order valence-corrected chi connectivity index (χ1v) is 13.2. The molecule has 2 unspecified atom stereocenters.